The van der Waals surface area contributed by atoms with Crippen LogP contribution in [0, 0.1) is 0 Å². The Morgan fingerprint density at radius 2 is 2.04 bits per heavy atom. The Bertz CT molecular complexity index is 855. The molecule has 0 radical (unpaired) electrons. The van der Waals surface area contributed by atoms with Crippen molar-refractivity contribution in [1.82, 2.24) is 19.9 Å². The molecule has 2 aromatic heterocycles. The Balaban J connectivity index is 1.86. The van der Waals surface area contributed by atoms with Crippen LogP contribution in [-0.2, 0) is 11.3 Å². The van der Waals surface area contributed by atoms with Gasteiger partial charge < -0.3 is 10.5 Å². The van der Waals surface area contributed by atoms with Crippen LogP contribution < -0.4 is 5.43 Å². The van der Waals surface area contributed by atoms with Crippen molar-refractivity contribution >= 4 is 29.3 Å². The van der Waals surface area contributed by atoms with Crippen molar-refractivity contribution in [2.45, 2.75) is 11.7 Å². The molecular formula is C16H14ClN5O2S. The van der Waals surface area contributed by atoms with E-state index in [4.69, 9.17) is 16.7 Å². The third-order valence-electron chi connectivity index (χ3n) is 3.23. The Labute approximate surface area is 153 Å². The summed E-state index contributed by atoms with van der Waals surface area (Å²) in [5, 5.41) is 18.3. The number of hydrogen-bond acceptors (Lipinski definition) is 6. The highest BCUT2D eigenvalue weighted by Crippen LogP contribution is 2.22. The van der Waals surface area contributed by atoms with Crippen molar-refractivity contribution in [3.05, 3.63) is 59.4 Å². The number of hydrogen-bond donors (Lipinski definition) is 2. The molecule has 0 aliphatic rings. The minimum absolute atomic E-state index is 0.103. The van der Waals surface area contributed by atoms with E-state index in [9.17, 15) is 4.79 Å². The van der Waals surface area contributed by atoms with Crippen molar-refractivity contribution < 1.29 is 9.90 Å². The molecule has 0 aliphatic carbocycles. The van der Waals surface area contributed by atoms with Gasteiger partial charge in [0.15, 0.2) is 5.82 Å². The van der Waals surface area contributed by atoms with Crippen LogP contribution in [0.2, 0.25) is 5.02 Å². The van der Waals surface area contributed by atoms with E-state index in [-0.39, 0.29) is 5.75 Å². The summed E-state index contributed by atoms with van der Waals surface area (Å²) in [6, 6.07) is 11.1. The van der Waals surface area contributed by atoms with Crippen LogP contribution in [0.4, 0.5) is 0 Å². The molecule has 128 valence electrons. The molecule has 0 spiro atoms. The lowest BCUT2D eigenvalue weighted by Gasteiger charge is -2.12. The van der Waals surface area contributed by atoms with Crippen LogP contribution in [0.25, 0.3) is 11.4 Å². The van der Waals surface area contributed by atoms with Crippen molar-refractivity contribution in [3.8, 4) is 11.4 Å². The highest BCUT2D eigenvalue weighted by Gasteiger charge is 2.15. The molecule has 7 nitrogen and oxygen atoms in total. The molecular weight excluding hydrogens is 362 g/mol. The van der Waals surface area contributed by atoms with Gasteiger partial charge in [-0.2, -0.15) is 0 Å². The molecule has 0 atom stereocenters. The van der Waals surface area contributed by atoms with Gasteiger partial charge in [0.05, 0.1) is 12.3 Å². The van der Waals surface area contributed by atoms with E-state index in [1.54, 1.807) is 23.1 Å². The summed E-state index contributed by atoms with van der Waals surface area (Å²) >= 11 is 7.00. The lowest BCUT2D eigenvalue weighted by Crippen LogP contribution is -2.17. The molecule has 3 rings (SSSR count). The first-order valence-corrected chi connectivity index (χ1v) is 8.68. The summed E-state index contributed by atoms with van der Waals surface area (Å²) < 4.78 is 1.68. The van der Waals surface area contributed by atoms with Crippen LogP contribution >= 0.6 is 23.4 Å². The van der Waals surface area contributed by atoms with Crippen molar-refractivity contribution in [3.63, 3.8) is 0 Å². The van der Waals surface area contributed by atoms with Gasteiger partial charge in [-0.25, -0.2) is 4.68 Å². The maximum absolute atomic E-state index is 10.9. The fraction of sp³-hybridized carbons (Fsp3) is 0.125. The molecule has 0 bridgehead atoms. The normalized spacial score (nSPS) is 10.6. The number of aromatic nitrogens is 4. The predicted octanol–water partition coefficient (Wildman–Crippen LogP) is 2.91. The Morgan fingerprint density at radius 1 is 1.24 bits per heavy atom. The number of benzene rings is 1. The summed E-state index contributed by atoms with van der Waals surface area (Å²) in [7, 11) is 0. The number of thioether (sulfide) groups is 1. The van der Waals surface area contributed by atoms with Gasteiger partial charge in [0.2, 0.25) is 5.16 Å². The van der Waals surface area contributed by atoms with Crippen molar-refractivity contribution in [2.24, 2.45) is 0 Å². The van der Waals surface area contributed by atoms with Crippen LogP contribution in [0.1, 0.15) is 5.56 Å². The lowest BCUT2D eigenvalue weighted by molar-refractivity contribution is -0.133. The predicted molar refractivity (Wildman–Crippen MR) is 96.1 cm³/mol. The Kier molecular flexibility index (Phi) is 5.52. The molecule has 0 unspecified atom stereocenters. The van der Waals surface area contributed by atoms with Gasteiger partial charge >= 0.3 is 5.97 Å². The first-order valence-electron chi connectivity index (χ1n) is 7.32. The summed E-state index contributed by atoms with van der Waals surface area (Å²) in [6.07, 6.45) is 3.35. The second kappa shape index (κ2) is 8.00. The van der Waals surface area contributed by atoms with Gasteiger partial charge in [0.1, 0.15) is 0 Å². The van der Waals surface area contributed by atoms with E-state index in [2.05, 4.69) is 20.6 Å². The molecule has 9 heteroatoms. The fourth-order valence-electron chi connectivity index (χ4n) is 2.09. The van der Waals surface area contributed by atoms with Crippen molar-refractivity contribution in [2.75, 3.05) is 11.2 Å². The minimum Gasteiger partial charge on any atom is -0.481 e. The third-order valence-corrected chi connectivity index (χ3v) is 4.40. The number of carboxylic acids is 1. The maximum Gasteiger partial charge on any atom is 0.313 e. The van der Waals surface area contributed by atoms with E-state index in [0.29, 0.717) is 22.5 Å². The van der Waals surface area contributed by atoms with E-state index in [1.165, 1.54) is 0 Å². The molecule has 0 aliphatic heterocycles. The summed E-state index contributed by atoms with van der Waals surface area (Å²) in [5.74, 6) is -0.455. The molecule has 3 aromatic rings. The zero-order chi connectivity index (χ0) is 17.6. The van der Waals surface area contributed by atoms with Gasteiger partial charge in [0, 0.05) is 23.0 Å². The van der Waals surface area contributed by atoms with Gasteiger partial charge in [-0.15, -0.1) is 10.2 Å². The fourth-order valence-corrected chi connectivity index (χ4v) is 2.84. The van der Waals surface area contributed by atoms with Gasteiger partial charge in [-0.05, 0) is 29.8 Å². The monoisotopic (exact) mass is 375 g/mol. The largest absolute Gasteiger partial charge is 0.481 e. The molecule has 0 saturated heterocycles. The highest BCUT2D eigenvalue weighted by atomic mass is 35.5. The summed E-state index contributed by atoms with van der Waals surface area (Å²) in [4.78, 5) is 14.9. The molecule has 2 N–H and O–H groups in total. The van der Waals surface area contributed by atoms with Gasteiger partial charge in [-0.3, -0.25) is 9.78 Å². The zero-order valence-electron chi connectivity index (χ0n) is 13.0. The van der Waals surface area contributed by atoms with E-state index < -0.39 is 5.97 Å². The highest BCUT2D eigenvalue weighted by molar-refractivity contribution is 7.99. The number of aliphatic carboxylic acids is 1. The van der Waals surface area contributed by atoms with Gasteiger partial charge in [0.25, 0.3) is 0 Å². The number of carbonyl (C=O) groups is 1. The second-order valence-electron chi connectivity index (χ2n) is 5.03. The Hall–Kier alpha value is -2.58. The van der Waals surface area contributed by atoms with E-state index in [1.807, 2.05) is 30.3 Å². The molecule has 1 aromatic carbocycles. The van der Waals surface area contributed by atoms with Crippen LogP contribution in [0.15, 0.2) is 53.9 Å². The third kappa shape index (κ3) is 4.49. The van der Waals surface area contributed by atoms with E-state index >= 15 is 0 Å². The molecule has 25 heavy (non-hydrogen) atoms. The second-order valence-corrected chi connectivity index (χ2v) is 6.41. The zero-order valence-corrected chi connectivity index (χ0v) is 14.5. The topological polar surface area (TPSA) is 92.9 Å². The Morgan fingerprint density at radius 3 is 2.72 bits per heavy atom. The molecule has 0 amide bonds. The number of nitrogens with one attached hydrogen (secondary N) is 1. The van der Waals surface area contributed by atoms with Crippen LogP contribution in [0.3, 0.4) is 0 Å². The maximum atomic E-state index is 10.9. The van der Waals surface area contributed by atoms with Crippen LogP contribution in [0.5, 0.6) is 0 Å². The average Bonchev–Trinajstić information content (AvgIpc) is 3.03. The van der Waals surface area contributed by atoms with Crippen LogP contribution in [-0.4, -0.2) is 36.7 Å². The molecule has 2 heterocycles. The summed E-state index contributed by atoms with van der Waals surface area (Å²) in [5.41, 5.74) is 5.02. The number of carboxylic acid groups (broad SMARTS) is 1. The summed E-state index contributed by atoms with van der Waals surface area (Å²) in [6.45, 7) is 0.503. The lowest BCUT2D eigenvalue weighted by atomic mass is 10.2. The average molecular weight is 376 g/mol. The quantitative estimate of drug-likeness (QED) is 0.613. The minimum atomic E-state index is -0.917. The molecule has 0 saturated carbocycles. The smallest absolute Gasteiger partial charge is 0.313 e. The number of nitrogens with zero attached hydrogens (tertiary/aromatic N) is 4. The SMILES string of the molecule is O=C(O)CSc1nnc(-c2cccnc2)n1NCc1ccc(Cl)cc1. The molecule has 0 fully saturated rings. The number of pyridine rings is 1. The van der Waals surface area contributed by atoms with E-state index in [0.717, 1.165) is 22.9 Å². The first kappa shape index (κ1) is 17.2. The number of rotatable bonds is 7. The standard InChI is InChI=1S/C16H14ClN5O2S/c17-13-5-3-11(4-6-13)8-19-22-15(12-2-1-7-18-9-12)20-21-16(22)25-10-14(23)24/h1-7,9,19H,8,10H2,(H,23,24). The number of halogens is 1. The van der Waals surface area contributed by atoms with Gasteiger partial charge in [-0.1, -0.05) is 35.5 Å². The van der Waals surface area contributed by atoms with Crippen molar-refractivity contribution in [1.29, 1.82) is 0 Å². The first-order chi connectivity index (χ1) is 12.1.